The van der Waals surface area contributed by atoms with Crippen molar-refractivity contribution in [2.45, 2.75) is 179 Å². The molecule has 0 bridgehead atoms. The van der Waals surface area contributed by atoms with Crippen molar-refractivity contribution in [1.29, 1.82) is 0 Å². The Hall–Kier alpha value is -3.66. The number of hydrogen-bond donors (Lipinski definition) is 5. The average Bonchev–Trinajstić information content (AvgIpc) is 3.28. The first-order chi connectivity index (χ1) is 32.4. The zero-order valence-corrected chi connectivity index (χ0v) is 42.7. The molecule has 5 N–H and O–H groups in total. The summed E-state index contributed by atoms with van der Waals surface area (Å²) in [6.07, 6.45) is -9.26. The van der Waals surface area contributed by atoms with Gasteiger partial charge in [0.2, 0.25) is 0 Å². The molecule has 1 amide bonds. The van der Waals surface area contributed by atoms with Crippen LogP contribution in [0.1, 0.15) is 98.4 Å². The van der Waals surface area contributed by atoms with Crippen LogP contribution in [0.5, 0.6) is 0 Å². The summed E-state index contributed by atoms with van der Waals surface area (Å²) in [5.74, 6) is -5.63. The smallest absolute Gasteiger partial charge is 0.338 e. The van der Waals surface area contributed by atoms with E-state index in [1.165, 1.54) is 20.3 Å². The standard InChI is InChI=1S/C51H80N2O16/c1-14-37-34(26-64-50-46(63-13)45(62-12)42(58)31(6)66-50)22-27(2)20-21-35(54)28(3)23-33(24-38(47(60)52-51(7,8)9)68-48(61)32-18-16-15-17-19-32)44(29(4)36(55)25-39(56)67-37)69-49-43(59)40(53(10)11)41(57)30(5)65-49/h15-22,28-31,33-34,36-38,40-46,49-50,55,57-59H,14,23-26H2,1-13H3,(H,52,60)/b21-20+,27-22+/t28-,29+,30-,31+,33-,34-,36-,37-,38?,40+,41-,42+,43-,44-,45+,46+,49+,50+/m1/s1. The van der Waals surface area contributed by atoms with Crippen LogP contribution >= 0.6 is 0 Å². The lowest BCUT2D eigenvalue weighted by atomic mass is 9.78. The minimum absolute atomic E-state index is 0.0183. The van der Waals surface area contributed by atoms with Crippen molar-refractivity contribution in [2.75, 3.05) is 34.9 Å². The maximum atomic E-state index is 14.2. The van der Waals surface area contributed by atoms with Crippen LogP contribution in [0.2, 0.25) is 0 Å². The fourth-order valence-electron chi connectivity index (χ4n) is 9.34. The summed E-state index contributed by atoms with van der Waals surface area (Å²) in [6.45, 7) is 15.6. The lowest BCUT2D eigenvalue weighted by Gasteiger charge is -2.47. The summed E-state index contributed by atoms with van der Waals surface area (Å²) in [5.41, 5.74) is 0.0941. The zero-order valence-electron chi connectivity index (χ0n) is 42.7. The van der Waals surface area contributed by atoms with Gasteiger partial charge >= 0.3 is 11.9 Å². The molecule has 3 aliphatic heterocycles. The molecule has 1 aromatic rings. The van der Waals surface area contributed by atoms with Gasteiger partial charge in [-0.1, -0.05) is 56.7 Å². The predicted molar refractivity (Wildman–Crippen MR) is 253 cm³/mol. The molecule has 0 radical (unpaired) electrons. The quantitative estimate of drug-likeness (QED) is 0.168. The molecule has 390 valence electrons. The molecule has 0 spiro atoms. The summed E-state index contributed by atoms with van der Waals surface area (Å²) in [5, 5.41) is 48.6. The Balaban J connectivity index is 1.81. The number of amides is 1. The number of ketones is 1. The molecule has 3 aliphatic rings. The highest BCUT2D eigenvalue weighted by Gasteiger charge is 2.49. The van der Waals surface area contributed by atoms with Gasteiger partial charge in [0.15, 0.2) is 24.5 Å². The van der Waals surface area contributed by atoms with Crippen molar-refractivity contribution < 1.29 is 77.5 Å². The van der Waals surface area contributed by atoms with Crippen molar-refractivity contribution in [1.82, 2.24) is 10.2 Å². The molecule has 3 heterocycles. The van der Waals surface area contributed by atoms with Gasteiger partial charge in [-0.2, -0.15) is 0 Å². The normalized spacial score (nSPS) is 37.2. The first kappa shape index (κ1) is 57.9. The second-order valence-corrected chi connectivity index (χ2v) is 20.2. The summed E-state index contributed by atoms with van der Waals surface area (Å²) in [4.78, 5) is 57.8. The molecule has 1 unspecified atom stereocenters. The molecular weight excluding hydrogens is 897 g/mol. The zero-order chi connectivity index (χ0) is 51.5. The van der Waals surface area contributed by atoms with Gasteiger partial charge in [-0.05, 0) is 99.0 Å². The van der Waals surface area contributed by atoms with E-state index in [0.717, 1.165) is 0 Å². The molecule has 2 saturated heterocycles. The number of rotatable bonds is 14. The number of benzene rings is 1. The van der Waals surface area contributed by atoms with Crippen molar-refractivity contribution in [2.24, 2.45) is 23.7 Å². The number of likely N-dealkylation sites (N-methyl/N-ethyl adjacent to an activating group) is 1. The van der Waals surface area contributed by atoms with Crippen molar-refractivity contribution in [3.8, 4) is 0 Å². The van der Waals surface area contributed by atoms with Crippen LogP contribution in [0.4, 0.5) is 0 Å². The maximum Gasteiger partial charge on any atom is 0.338 e. The van der Waals surface area contributed by atoms with Crippen molar-refractivity contribution in [3.63, 3.8) is 0 Å². The van der Waals surface area contributed by atoms with Gasteiger partial charge in [0.25, 0.3) is 5.91 Å². The Bertz CT molecular complexity index is 1870. The lowest BCUT2D eigenvalue weighted by molar-refractivity contribution is -0.304. The number of carbonyl (C=O) groups excluding carboxylic acids is 4. The van der Waals surface area contributed by atoms with E-state index in [9.17, 15) is 39.6 Å². The molecule has 0 saturated carbocycles. The Morgan fingerprint density at radius 1 is 0.870 bits per heavy atom. The largest absolute Gasteiger partial charge is 0.462 e. The number of hydrogen-bond acceptors (Lipinski definition) is 17. The van der Waals surface area contributed by atoms with Crippen LogP contribution in [0.3, 0.4) is 0 Å². The topological polar surface area (TPSA) is 238 Å². The summed E-state index contributed by atoms with van der Waals surface area (Å²) < 4.78 is 48.5. The number of allylic oxidation sites excluding steroid dienone is 3. The van der Waals surface area contributed by atoms with Crippen LogP contribution in [0.15, 0.2) is 54.1 Å². The number of esters is 2. The number of aliphatic hydroxyl groups is 4. The van der Waals surface area contributed by atoms with E-state index in [4.69, 9.17) is 37.9 Å². The summed E-state index contributed by atoms with van der Waals surface area (Å²) in [6, 6.07) is 7.34. The molecule has 4 rings (SSSR count). The van der Waals surface area contributed by atoms with Crippen LogP contribution in [0, 0.1) is 23.7 Å². The van der Waals surface area contributed by atoms with Crippen LogP contribution in [0.25, 0.3) is 0 Å². The Kier molecular flexibility index (Phi) is 22.0. The number of nitrogens with zero attached hydrogens (tertiary/aromatic N) is 1. The van der Waals surface area contributed by atoms with Gasteiger partial charge in [-0.15, -0.1) is 0 Å². The summed E-state index contributed by atoms with van der Waals surface area (Å²) >= 11 is 0. The molecule has 0 aliphatic carbocycles. The van der Waals surface area contributed by atoms with E-state index in [1.54, 1.807) is 111 Å². The average molecular weight is 977 g/mol. The molecular formula is C51H80N2O16. The van der Waals surface area contributed by atoms with E-state index >= 15 is 0 Å². The molecule has 69 heavy (non-hydrogen) atoms. The number of aliphatic hydroxyl groups excluding tert-OH is 4. The number of ether oxygens (including phenoxy) is 8. The fourth-order valence-corrected chi connectivity index (χ4v) is 9.34. The van der Waals surface area contributed by atoms with Gasteiger partial charge in [0.05, 0.1) is 55.2 Å². The highest BCUT2D eigenvalue weighted by Crippen LogP contribution is 2.36. The first-order valence-corrected chi connectivity index (χ1v) is 24.1. The van der Waals surface area contributed by atoms with Crippen molar-refractivity contribution >= 4 is 23.6 Å². The lowest BCUT2D eigenvalue weighted by Crippen LogP contribution is -2.63. The number of carbonyl (C=O) groups is 4. The van der Waals surface area contributed by atoms with Gasteiger partial charge in [-0.25, -0.2) is 4.79 Å². The van der Waals surface area contributed by atoms with Gasteiger partial charge < -0.3 is 68.5 Å². The van der Waals surface area contributed by atoms with Crippen LogP contribution < -0.4 is 5.32 Å². The second-order valence-electron chi connectivity index (χ2n) is 20.2. The predicted octanol–water partition coefficient (Wildman–Crippen LogP) is 3.50. The van der Waals surface area contributed by atoms with E-state index in [-0.39, 0.29) is 30.8 Å². The minimum atomic E-state index is -1.47. The van der Waals surface area contributed by atoms with E-state index in [0.29, 0.717) is 12.0 Å². The molecule has 2 fully saturated rings. The number of methoxy groups -OCH3 is 2. The Labute approximate surface area is 407 Å². The number of cyclic esters (lactones) is 1. The molecule has 1 aromatic carbocycles. The molecule has 0 aromatic heterocycles. The van der Waals surface area contributed by atoms with Crippen LogP contribution in [-0.2, 0) is 52.3 Å². The number of nitrogens with one attached hydrogen (secondary N) is 1. The van der Waals surface area contributed by atoms with Gasteiger partial charge in [0.1, 0.15) is 30.5 Å². The third kappa shape index (κ3) is 15.9. The van der Waals surface area contributed by atoms with Crippen LogP contribution in [-0.4, -0.2) is 175 Å². The maximum absolute atomic E-state index is 14.2. The van der Waals surface area contributed by atoms with Gasteiger partial charge in [0, 0.05) is 37.5 Å². The highest BCUT2D eigenvalue weighted by atomic mass is 16.7. The first-order valence-electron chi connectivity index (χ1n) is 24.1. The Morgan fingerprint density at radius 3 is 2.09 bits per heavy atom. The molecule has 18 heteroatoms. The third-order valence-corrected chi connectivity index (χ3v) is 13.3. The Morgan fingerprint density at radius 2 is 1.49 bits per heavy atom. The fraction of sp³-hybridized carbons (Fsp3) is 0.725. The summed E-state index contributed by atoms with van der Waals surface area (Å²) in [7, 11) is 6.30. The minimum Gasteiger partial charge on any atom is -0.462 e. The van der Waals surface area contributed by atoms with E-state index < -0.39 is 139 Å². The monoisotopic (exact) mass is 977 g/mol. The van der Waals surface area contributed by atoms with Crippen molar-refractivity contribution in [3.05, 3.63) is 59.7 Å². The second kappa shape index (κ2) is 26.2. The SMILES string of the molecule is CC[C@H]1OC(=O)C[C@@H](O)[C@H](C)[C@@H](O[C@@H]2O[C@H](C)[C@@H](O)[C@H](N(C)C)[C@H]2O)[C@@H](CC(OC(=O)c2ccccc2)C(=O)NC(C)(C)C)C[C@@H](C)C(=O)/C=C/C(C)=C/[C@@H]1CO[C@H]1O[C@@H](C)[C@H](O)[C@H](OC)[C@@H]1OC. The highest BCUT2D eigenvalue weighted by molar-refractivity contribution is 5.93. The molecule has 18 atom stereocenters. The van der Waals surface area contributed by atoms with Gasteiger partial charge in [-0.3, -0.25) is 14.4 Å². The van der Waals surface area contributed by atoms with E-state index in [1.807, 2.05) is 13.0 Å². The third-order valence-electron chi connectivity index (χ3n) is 13.3. The molecule has 18 nitrogen and oxygen atoms in total. The van der Waals surface area contributed by atoms with E-state index in [2.05, 4.69) is 5.32 Å².